The Morgan fingerprint density at radius 3 is 2.04 bits per heavy atom. The van der Waals surface area contributed by atoms with Crippen LogP contribution in [0.25, 0.3) is 0 Å². The number of hydrogen-bond acceptors (Lipinski definition) is 3. The highest BCUT2D eigenvalue weighted by molar-refractivity contribution is 5.98. The molecule has 4 rings (SSSR count). The number of nitrogens with zero attached hydrogens (tertiary/aromatic N) is 1. The largest absolute Gasteiger partial charge is 0.489 e. The predicted molar refractivity (Wildman–Crippen MR) is 112 cm³/mol. The number of benzene rings is 3. The molecular weight excluding hydrogens is 348 g/mol. The molecule has 0 spiro atoms. The van der Waals surface area contributed by atoms with Gasteiger partial charge in [-0.15, -0.1) is 0 Å². The highest BCUT2D eigenvalue weighted by Crippen LogP contribution is 2.33. The van der Waals surface area contributed by atoms with Gasteiger partial charge in [0.1, 0.15) is 18.4 Å². The van der Waals surface area contributed by atoms with Gasteiger partial charge in [0, 0.05) is 7.05 Å². The first kappa shape index (κ1) is 18.3. The van der Waals surface area contributed by atoms with Gasteiger partial charge in [0.25, 0.3) is 0 Å². The lowest BCUT2D eigenvalue weighted by atomic mass is 9.84. The molecule has 1 aliphatic rings. The van der Waals surface area contributed by atoms with Crippen molar-refractivity contribution in [2.24, 2.45) is 0 Å². The topological polar surface area (TPSA) is 41.6 Å². The number of hydrogen-bond donors (Lipinski definition) is 1. The van der Waals surface area contributed by atoms with Gasteiger partial charge in [-0.2, -0.15) is 0 Å². The number of carbonyl (C=O) groups is 1. The van der Waals surface area contributed by atoms with Crippen LogP contribution in [0.5, 0.6) is 5.75 Å². The molecule has 1 heterocycles. The first-order valence-electron chi connectivity index (χ1n) is 9.48. The van der Waals surface area contributed by atoms with Crippen molar-refractivity contribution in [3.05, 3.63) is 96.1 Å². The summed E-state index contributed by atoms with van der Waals surface area (Å²) in [5.74, 6) is 0.715. The first-order valence-corrected chi connectivity index (χ1v) is 9.48. The highest BCUT2D eigenvalue weighted by atomic mass is 16.5. The molecule has 3 aromatic carbocycles. The van der Waals surface area contributed by atoms with Crippen molar-refractivity contribution in [1.82, 2.24) is 5.32 Å². The molecule has 0 saturated heterocycles. The van der Waals surface area contributed by atoms with E-state index in [1.165, 1.54) is 0 Å². The fourth-order valence-corrected chi connectivity index (χ4v) is 3.78. The first-order chi connectivity index (χ1) is 13.6. The van der Waals surface area contributed by atoms with Crippen molar-refractivity contribution < 1.29 is 9.53 Å². The van der Waals surface area contributed by atoms with Gasteiger partial charge in [0.2, 0.25) is 5.91 Å². The zero-order chi connectivity index (χ0) is 19.6. The average Bonchev–Trinajstić information content (AvgIpc) is 2.87. The zero-order valence-corrected chi connectivity index (χ0v) is 16.1. The number of nitrogens with one attached hydrogen (secondary N) is 1. The maximum atomic E-state index is 13.2. The van der Waals surface area contributed by atoms with Crippen molar-refractivity contribution in [2.75, 3.05) is 18.6 Å². The number of ether oxygens (including phenoxy) is 1. The number of carbonyl (C=O) groups excluding carboxylic acids is 1. The third-order valence-electron chi connectivity index (χ3n) is 5.43. The minimum atomic E-state index is -0.538. The highest BCUT2D eigenvalue weighted by Gasteiger charge is 2.37. The summed E-state index contributed by atoms with van der Waals surface area (Å²) in [5, 5.41) is 3.60. The molecule has 1 atom stereocenters. The van der Waals surface area contributed by atoms with E-state index in [1.54, 1.807) is 11.9 Å². The second-order valence-corrected chi connectivity index (χ2v) is 7.23. The number of para-hydroxylation sites is 2. The van der Waals surface area contributed by atoms with E-state index in [1.807, 2.05) is 60.7 Å². The van der Waals surface area contributed by atoms with Crippen LogP contribution in [0.4, 0.5) is 5.69 Å². The van der Waals surface area contributed by atoms with Crippen LogP contribution in [0, 0.1) is 0 Å². The maximum Gasteiger partial charge on any atom is 0.247 e. The summed E-state index contributed by atoms with van der Waals surface area (Å²) in [6.07, 6.45) is 0. The molecule has 4 nitrogen and oxygen atoms in total. The molecule has 1 N–H and O–H groups in total. The van der Waals surface area contributed by atoms with Crippen molar-refractivity contribution in [3.63, 3.8) is 0 Å². The van der Waals surface area contributed by atoms with Crippen LogP contribution in [0.15, 0.2) is 84.9 Å². The third kappa shape index (κ3) is 3.27. The minimum Gasteiger partial charge on any atom is -0.489 e. The molecule has 0 radical (unpaired) electrons. The summed E-state index contributed by atoms with van der Waals surface area (Å²) in [6, 6.07) is 27.6. The Bertz CT molecular complexity index is 917. The van der Waals surface area contributed by atoms with Crippen LogP contribution in [-0.4, -0.2) is 25.6 Å². The fourth-order valence-electron chi connectivity index (χ4n) is 3.78. The van der Waals surface area contributed by atoms with Gasteiger partial charge in [-0.3, -0.25) is 10.1 Å². The number of anilines is 1. The Kier molecular flexibility index (Phi) is 4.88. The fraction of sp³-hybridized carbons (Fsp3) is 0.208. The summed E-state index contributed by atoms with van der Waals surface area (Å²) in [6.45, 7) is 2.39. The molecule has 0 unspecified atom stereocenters. The van der Waals surface area contributed by atoms with E-state index >= 15 is 0 Å². The Labute approximate surface area is 165 Å². The maximum absolute atomic E-state index is 13.2. The number of amides is 1. The van der Waals surface area contributed by atoms with Gasteiger partial charge in [-0.25, -0.2) is 0 Å². The summed E-state index contributed by atoms with van der Waals surface area (Å²) in [4.78, 5) is 14.9. The molecule has 3 aromatic rings. The van der Waals surface area contributed by atoms with Gasteiger partial charge in [-0.1, -0.05) is 72.8 Å². The minimum absolute atomic E-state index is 0.0111. The molecule has 1 aliphatic heterocycles. The standard InChI is InChI=1S/C24H24N2O2/c1-24(18-11-5-3-6-12-18,19-13-7-4-8-14-19)25-20-17-28-22-16-10-9-15-21(22)26(2)23(20)27/h3-16,20,25H,17H2,1-2H3/t20-/m0/s1. The molecule has 0 fully saturated rings. The Balaban J connectivity index is 1.71. The lowest BCUT2D eigenvalue weighted by Crippen LogP contribution is -2.55. The van der Waals surface area contributed by atoms with Crippen molar-refractivity contribution in [1.29, 1.82) is 0 Å². The van der Waals surface area contributed by atoms with E-state index in [9.17, 15) is 4.79 Å². The van der Waals surface area contributed by atoms with E-state index in [2.05, 4.69) is 36.5 Å². The van der Waals surface area contributed by atoms with Crippen molar-refractivity contribution in [3.8, 4) is 5.75 Å². The van der Waals surface area contributed by atoms with Crippen LogP contribution in [0.3, 0.4) is 0 Å². The quantitative estimate of drug-likeness (QED) is 0.754. The monoisotopic (exact) mass is 372 g/mol. The lowest BCUT2D eigenvalue weighted by molar-refractivity contribution is -0.121. The normalized spacial score (nSPS) is 16.9. The second kappa shape index (κ2) is 7.49. The van der Waals surface area contributed by atoms with Gasteiger partial charge in [-0.05, 0) is 30.2 Å². The van der Waals surface area contributed by atoms with Gasteiger partial charge < -0.3 is 9.64 Å². The van der Waals surface area contributed by atoms with Crippen molar-refractivity contribution >= 4 is 11.6 Å². The average molecular weight is 372 g/mol. The number of likely N-dealkylation sites (N-methyl/N-ethyl adjacent to an activating group) is 1. The van der Waals surface area contributed by atoms with Crippen LogP contribution in [0.2, 0.25) is 0 Å². The number of rotatable bonds is 4. The smallest absolute Gasteiger partial charge is 0.247 e. The summed E-state index contributed by atoms with van der Waals surface area (Å²) in [5.41, 5.74) is 2.44. The molecule has 28 heavy (non-hydrogen) atoms. The van der Waals surface area contributed by atoms with E-state index < -0.39 is 11.6 Å². The summed E-state index contributed by atoms with van der Waals surface area (Å²) in [7, 11) is 1.80. The van der Waals surface area contributed by atoms with Crippen LogP contribution < -0.4 is 15.0 Å². The second-order valence-electron chi connectivity index (χ2n) is 7.23. The van der Waals surface area contributed by atoms with E-state index in [0.717, 1.165) is 22.6 Å². The molecule has 0 bridgehead atoms. The van der Waals surface area contributed by atoms with Gasteiger partial charge >= 0.3 is 0 Å². The van der Waals surface area contributed by atoms with E-state index in [4.69, 9.17) is 4.74 Å². The Morgan fingerprint density at radius 1 is 0.893 bits per heavy atom. The van der Waals surface area contributed by atoms with E-state index in [-0.39, 0.29) is 12.5 Å². The molecule has 0 saturated carbocycles. The molecule has 1 amide bonds. The third-order valence-corrected chi connectivity index (χ3v) is 5.43. The van der Waals surface area contributed by atoms with Gasteiger partial charge in [0.15, 0.2) is 0 Å². The molecule has 142 valence electrons. The van der Waals surface area contributed by atoms with Gasteiger partial charge in [0.05, 0.1) is 11.2 Å². The van der Waals surface area contributed by atoms with Crippen LogP contribution >= 0.6 is 0 Å². The van der Waals surface area contributed by atoms with Crippen LogP contribution in [0.1, 0.15) is 18.1 Å². The molecule has 4 heteroatoms. The van der Waals surface area contributed by atoms with E-state index in [0.29, 0.717) is 0 Å². The Morgan fingerprint density at radius 2 is 1.43 bits per heavy atom. The van der Waals surface area contributed by atoms with Crippen molar-refractivity contribution in [2.45, 2.75) is 18.5 Å². The molecule has 0 aromatic heterocycles. The number of fused-ring (bicyclic) bond motifs is 1. The summed E-state index contributed by atoms with van der Waals surface area (Å²) < 4.78 is 5.99. The summed E-state index contributed by atoms with van der Waals surface area (Å²) >= 11 is 0. The molecule has 0 aliphatic carbocycles. The Hall–Kier alpha value is -3.11. The lowest BCUT2D eigenvalue weighted by Gasteiger charge is -2.36. The SMILES string of the molecule is CN1C(=O)[C@@H](NC(C)(c2ccccc2)c2ccccc2)COc2ccccc21. The van der Waals surface area contributed by atoms with Crippen LogP contribution in [-0.2, 0) is 10.3 Å². The zero-order valence-electron chi connectivity index (χ0n) is 16.1. The predicted octanol–water partition coefficient (Wildman–Crippen LogP) is 3.96. The molecular formula is C24H24N2O2.